The quantitative estimate of drug-likeness (QED) is 0.332. The molecule has 2 unspecified atom stereocenters. The molecule has 3 fully saturated rings. The van der Waals surface area contributed by atoms with Gasteiger partial charge in [-0.2, -0.15) is 0 Å². The molecular weight excluding hydrogens is 574 g/mol. The fraction of sp³-hybridized carbons (Fsp3) is 0.457. The maximum absolute atomic E-state index is 14.8. The van der Waals surface area contributed by atoms with Crippen LogP contribution < -0.4 is 9.64 Å². The van der Waals surface area contributed by atoms with E-state index in [2.05, 4.69) is 13.2 Å². The predicted molar refractivity (Wildman–Crippen MR) is 174 cm³/mol. The number of benzene rings is 2. The van der Waals surface area contributed by atoms with Gasteiger partial charge in [0.25, 0.3) is 5.91 Å². The van der Waals surface area contributed by atoms with Gasteiger partial charge in [0.15, 0.2) is 0 Å². The first kappa shape index (κ1) is 31.9. The molecule has 0 aromatic heterocycles. The van der Waals surface area contributed by atoms with Crippen LogP contribution in [0.15, 0.2) is 79.9 Å². The summed E-state index contributed by atoms with van der Waals surface area (Å²) in [5.74, 6) is -1.18. The van der Waals surface area contributed by atoms with Crippen LogP contribution in [0.3, 0.4) is 0 Å². The Hall–Kier alpha value is -3.56. The largest absolute Gasteiger partial charge is 0.497 e. The fourth-order valence-corrected chi connectivity index (χ4v) is 9.59. The molecule has 3 amide bonds. The van der Waals surface area contributed by atoms with E-state index in [-0.39, 0.29) is 42.0 Å². The first-order valence-corrected chi connectivity index (χ1v) is 16.2. The molecule has 2 bridgehead atoms. The highest BCUT2D eigenvalue weighted by molar-refractivity contribution is 8.02. The van der Waals surface area contributed by atoms with Crippen LogP contribution in [0, 0.1) is 17.8 Å². The molecule has 1 spiro atoms. The second kappa shape index (κ2) is 13.2. The average Bonchev–Trinajstić information content (AvgIpc) is 3.67. The van der Waals surface area contributed by atoms with E-state index in [1.165, 1.54) is 0 Å². The van der Waals surface area contributed by atoms with Crippen molar-refractivity contribution >= 4 is 35.2 Å². The summed E-state index contributed by atoms with van der Waals surface area (Å²) in [6.45, 7) is 12.4. The lowest BCUT2D eigenvalue weighted by Crippen LogP contribution is -2.58. The number of nitrogens with zero attached hydrogens (tertiary/aromatic N) is 3. The average molecular weight is 618 g/mol. The summed E-state index contributed by atoms with van der Waals surface area (Å²) < 4.78 is 4.55. The molecule has 3 heterocycles. The molecule has 3 aliphatic heterocycles. The Morgan fingerprint density at radius 2 is 1.77 bits per heavy atom. The van der Waals surface area contributed by atoms with Crippen LogP contribution in [0.5, 0.6) is 5.75 Å². The zero-order valence-corrected chi connectivity index (χ0v) is 26.6. The number of likely N-dealkylation sites (tertiary alicyclic amines) is 1. The zero-order chi connectivity index (χ0) is 31.6. The summed E-state index contributed by atoms with van der Waals surface area (Å²) in [6.07, 6.45) is 4.78. The highest BCUT2D eigenvalue weighted by Crippen LogP contribution is 2.67. The van der Waals surface area contributed by atoms with Gasteiger partial charge >= 0.3 is 0 Å². The maximum Gasteiger partial charge on any atom is 0.251 e. The number of amides is 3. The summed E-state index contributed by atoms with van der Waals surface area (Å²) in [4.78, 5) is 49.0. The third-order valence-corrected chi connectivity index (χ3v) is 11.4. The Morgan fingerprint density at radius 3 is 2.36 bits per heavy atom. The Kier molecular flexibility index (Phi) is 9.56. The van der Waals surface area contributed by atoms with E-state index in [0.29, 0.717) is 30.9 Å². The number of ether oxygens (including phenoxy) is 1. The lowest BCUT2D eigenvalue weighted by molar-refractivity contribution is -0.146. The number of thioether (sulfide) groups is 1. The Bertz CT molecular complexity index is 1380. The number of anilines is 1. The van der Waals surface area contributed by atoms with Crippen molar-refractivity contribution in [3.05, 3.63) is 85.5 Å². The minimum Gasteiger partial charge on any atom is -0.497 e. The normalized spacial score (nSPS) is 25.9. The van der Waals surface area contributed by atoms with Crippen LogP contribution in [-0.4, -0.2) is 81.5 Å². The van der Waals surface area contributed by atoms with Gasteiger partial charge in [0.1, 0.15) is 11.8 Å². The number of fused-ring (bicyclic) bond motifs is 1. The number of methoxy groups -OCH3 is 1. The molecule has 2 aromatic carbocycles. The van der Waals surface area contributed by atoms with Crippen molar-refractivity contribution in [2.75, 3.05) is 31.7 Å². The highest BCUT2D eigenvalue weighted by Gasteiger charge is 2.74. The summed E-state index contributed by atoms with van der Waals surface area (Å²) in [6, 6.07) is 15.6. The maximum atomic E-state index is 14.8. The number of rotatable bonds is 13. The third-order valence-electron chi connectivity index (χ3n) is 9.41. The molecule has 3 saturated heterocycles. The molecule has 0 radical (unpaired) electrons. The van der Waals surface area contributed by atoms with Crippen molar-refractivity contribution in [2.24, 2.45) is 17.8 Å². The van der Waals surface area contributed by atoms with Gasteiger partial charge in [-0.3, -0.25) is 14.4 Å². The van der Waals surface area contributed by atoms with Crippen LogP contribution in [0.25, 0.3) is 0 Å². The van der Waals surface area contributed by atoms with Gasteiger partial charge in [0.05, 0.1) is 36.3 Å². The zero-order valence-electron chi connectivity index (χ0n) is 25.8. The van der Waals surface area contributed by atoms with Crippen LogP contribution in [-0.2, 0) is 20.9 Å². The number of aliphatic hydroxyl groups excluding tert-OH is 1. The summed E-state index contributed by atoms with van der Waals surface area (Å²) in [5, 5.41) is 10.5. The summed E-state index contributed by atoms with van der Waals surface area (Å²) in [7, 11) is 1.59. The van der Waals surface area contributed by atoms with Crippen molar-refractivity contribution in [1.29, 1.82) is 0 Å². The molecule has 0 saturated carbocycles. The van der Waals surface area contributed by atoms with Crippen molar-refractivity contribution < 1.29 is 24.2 Å². The number of aliphatic hydroxyl groups is 1. The summed E-state index contributed by atoms with van der Waals surface area (Å²) in [5.41, 5.74) is 1.67. The van der Waals surface area contributed by atoms with E-state index in [9.17, 15) is 19.5 Å². The molecule has 5 rings (SSSR count). The fourth-order valence-electron chi connectivity index (χ4n) is 7.39. The Balaban J connectivity index is 1.56. The number of hydrogen-bond donors (Lipinski definition) is 1. The number of hydrogen-bond acceptors (Lipinski definition) is 6. The lowest BCUT2D eigenvalue weighted by atomic mass is 9.70. The van der Waals surface area contributed by atoms with Crippen LogP contribution in [0.2, 0.25) is 0 Å². The van der Waals surface area contributed by atoms with E-state index in [1.807, 2.05) is 56.3 Å². The third kappa shape index (κ3) is 5.45. The van der Waals surface area contributed by atoms with Crippen LogP contribution in [0.4, 0.5) is 5.69 Å². The first-order valence-electron chi connectivity index (χ1n) is 15.3. The van der Waals surface area contributed by atoms with Gasteiger partial charge in [0.2, 0.25) is 11.8 Å². The second-order valence-electron chi connectivity index (χ2n) is 12.2. The van der Waals surface area contributed by atoms with Gasteiger partial charge in [-0.25, -0.2) is 0 Å². The van der Waals surface area contributed by atoms with E-state index in [4.69, 9.17) is 4.74 Å². The molecule has 8 nitrogen and oxygen atoms in total. The van der Waals surface area contributed by atoms with Gasteiger partial charge in [-0.15, -0.1) is 24.9 Å². The number of carbonyl (C=O) groups excluding carboxylic acids is 3. The number of carbonyl (C=O) groups is 3. The minimum absolute atomic E-state index is 0.0718. The van der Waals surface area contributed by atoms with Gasteiger partial charge in [-0.05, 0) is 48.6 Å². The van der Waals surface area contributed by atoms with Crippen molar-refractivity contribution in [1.82, 2.24) is 9.80 Å². The van der Waals surface area contributed by atoms with Crippen molar-refractivity contribution in [3.63, 3.8) is 0 Å². The Labute approximate surface area is 264 Å². The molecule has 2 aromatic rings. The van der Waals surface area contributed by atoms with E-state index >= 15 is 0 Å². The molecule has 44 heavy (non-hydrogen) atoms. The molecule has 9 heteroatoms. The van der Waals surface area contributed by atoms with Crippen LogP contribution in [0.1, 0.15) is 32.3 Å². The first-order chi connectivity index (χ1) is 21.2. The van der Waals surface area contributed by atoms with Gasteiger partial charge in [0, 0.05) is 30.6 Å². The molecule has 6 atom stereocenters. The molecule has 0 aliphatic carbocycles. The van der Waals surface area contributed by atoms with E-state index in [0.717, 1.165) is 12.0 Å². The molecular formula is C35H43N3O5S. The molecule has 1 N–H and O–H groups in total. The summed E-state index contributed by atoms with van der Waals surface area (Å²) >= 11 is 1.64. The lowest BCUT2D eigenvalue weighted by Gasteiger charge is -2.40. The standard InChI is InChI=1S/C35H43N3O5S/c1-6-19-36(21-24-11-9-8-10-12-24)32(40)29-28-17-18-35(44-28)30(29)33(41)38(27(22-39)23(3)4)31(35)34(42)37(20-7-2)25-13-15-26(43-5)16-14-25/h6-16,23,27-31,39H,1-2,17-22H2,3-5H3/t27-,28+,29-,30-,31?,35?/m0/s1. The smallest absolute Gasteiger partial charge is 0.251 e. The Morgan fingerprint density at radius 1 is 1.09 bits per heavy atom. The van der Waals surface area contributed by atoms with E-state index in [1.54, 1.807) is 57.9 Å². The molecule has 234 valence electrons. The highest BCUT2D eigenvalue weighted by atomic mass is 32.2. The monoisotopic (exact) mass is 617 g/mol. The second-order valence-corrected chi connectivity index (χ2v) is 13.8. The van der Waals surface area contributed by atoms with Crippen molar-refractivity contribution in [3.8, 4) is 5.75 Å². The van der Waals surface area contributed by atoms with Crippen LogP contribution >= 0.6 is 11.8 Å². The van der Waals surface area contributed by atoms with Crippen molar-refractivity contribution in [2.45, 2.75) is 55.3 Å². The SMILES string of the molecule is C=CCN(Cc1ccccc1)C(=O)[C@@H]1[C@H]2C(=O)N([C@@H](CO)C(C)C)C(C(=O)N(CC=C)c3ccc(OC)cc3)C23CC[C@H]1S3. The molecule has 3 aliphatic rings. The van der Waals surface area contributed by atoms with Gasteiger partial charge < -0.3 is 24.5 Å². The predicted octanol–water partition coefficient (Wildman–Crippen LogP) is 4.54. The van der Waals surface area contributed by atoms with Gasteiger partial charge in [-0.1, -0.05) is 56.3 Å². The van der Waals surface area contributed by atoms with E-state index < -0.39 is 28.7 Å². The topological polar surface area (TPSA) is 90.4 Å². The minimum atomic E-state index is -0.837.